The van der Waals surface area contributed by atoms with E-state index in [9.17, 15) is 0 Å². The van der Waals surface area contributed by atoms with Crippen LogP contribution in [-0.2, 0) is 6.42 Å². The number of hydrogen-bond acceptors (Lipinski definition) is 3. The van der Waals surface area contributed by atoms with Crippen LogP contribution in [0.25, 0.3) is 0 Å². The smallest absolute Gasteiger partial charge is 0.161 e. The van der Waals surface area contributed by atoms with E-state index in [-0.39, 0.29) is 0 Å². The van der Waals surface area contributed by atoms with Crippen molar-refractivity contribution in [3.8, 4) is 0 Å². The van der Waals surface area contributed by atoms with E-state index in [2.05, 4.69) is 42.6 Å². The molecule has 0 radical (unpaired) electrons. The predicted octanol–water partition coefficient (Wildman–Crippen LogP) is 4.77. The van der Waals surface area contributed by atoms with Gasteiger partial charge in [-0.05, 0) is 36.6 Å². The maximum absolute atomic E-state index is 6.21. The third kappa shape index (κ3) is 3.80. The van der Waals surface area contributed by atoms with Crippen LogP contribution in [0.1, 0.15) is 11.1 Å². The van der Waals surface area contributed by atoms with Crippen LogP contribution in [0.3, 0.4) is 0 Å². The summed E-state index contributed by atoms with van der Waals surface area (Å²) < 4.78 is 0. The summed E-state index contributed by atoms with van der Waals surface area (Å²) >= 11 is 7.97. The molecule has 1 unspecified atom stereocenters. The predicted molar refractivity (Wildman–Crippen MR) is 93.6 cm³/mol. The molecule has 0 aliphatic carbocycles. The Kier molecular flexibility index (Phi) is 4.51. The van der Waals surface area contributed by atoms with Gasteiger partial charge in [-0.2, -0.15) is 0 Å². The number of benzene rings is 2. The summed E-state index contributed by atoms with van der Waals surface area (Å²) in [5.74, 6) is 1.01. The second kappa shape index (κ2) is 6.54. The molecule has 1 atom stereocenters. The minimum Gasteiger partial charge on any atom is -0.334 e. The Bertz CT molecular complexity index is 655. The van der Waals surface area contributed by atoms with Gasteiger partial charge in [-0.25, -0.2) is 0 Å². The maximum atomic E-state index is 6.21. The topological polar surface area (TPSA) is 24.4 Å². The second-order valence-electron chi connectivity index (χ2n) is 5.20. The van der Waals surface area contributed by atoms with Crippen molar-refractivity contribution in [1.29, 1.82) is 0 Å². The molecular weight excluding hydrogens is 300 g/mol. The summed E-state index contributed by atoms with van der Waals surface area (Å²) in [6.45, 7) is 2.06. The molecule has 0 fully saturated rings. The number of rotatable bonds is 3. The van der Waals surface area contributed by atoms with Crippen molar-refractivity contribution in [3.63, 3.8) is 0 Å². The molecule has 1 aliphatic rings. The molecule has 0 bridgehead atoms. The van der Waals surface area contributed by atoms with E-state index in [4.69, 9.17) is 16.6 Å². The largest absolute Gasteiger partial charge is 0.334 e. The zero-order valence-electron chi connectivity index (χ0n) is 11.8. The number of nitrogens with zero attached hydrogens (tertiary/aromatic N) is 1. The van der Waals surface area contributed by atoms with Crippen LogP contribution in [0.15, 0.2) is 53.5 Å². The van der Waals surface area contributed by atoms with Crippen molar-refractivity contribution in [2.45, 2.75) is 19.4 Å². The minimum atomic E-state index is 0.337. The fourth-order valence-corrected chi connectivity index (χ4v) is 3.44. The molecule has 2 aromatic rings. The lowest BCUT2D eigenvalue weighted by Crippen LogP contribution is -2.08. The Labute approximate surface area is 134 Å². The van der Waals surface area contributed by atoms with Crippen LogP contribution in [0.2, 0.25) is 5.02 Å². The highest BCUT2D eigenvalue weighted by atomic mass is 35.5. The van der Waals surface area contributed by atoms with E-state index in [1.807, 2.05) is 18.2 Å². The quantitative estimate of drug-likeness (QED) is 0.881. The van der Waals surface area contributed by atoms with Gasteiger partial charge in [-0.15, -0.1) is 0 Å². The summed E-state index contributed by atoms with van der Waals surface area (Å²) in [4.78, 5) is 4.76. The molecule has 0 aromatic heterocycles. The molecule has 1 N–H and O–H groups in total. The highest BCUT2D eigenvalue weighted by molar-refractivity contribution is 8.14. The summed E-state index contributed by atoms with van der Waals surface area (Å²) in [5, 5.41) is 5.04. The average molecular weight is 317 g/mol. The van der Waals surface area contributed by atoms with Crippen molar-refractivity contribution >= 4 is 34.2 Å². The summed E-state index contributed by atoms with van der Waals surface area (Å²) in [7, 11) is 0. The fraction of sp³-hybridized carbons (Fsp3) is 0.235. The van der Waals surface area contributed by atoms with Crippen LogP contribution in [0, 0.1) is 6.92 Å². The molecule has 4 heteroatoms. The Morgan fingerprint density at radius 2 is 2.05 bits per heavy atom. The van der Waals surface area contributed by atoms with E-state index in [1.165, 1.54) is 11.1 Å². The Morgan fingerprint density at radius 3 is 2.86 bits per heavy atom. The number of anilines is 1. The van der Waals surface area contributed by atoms with Gasteiger partial charge in [0.05, 0.1) is 16.8 Å². The zero-order chi connectivity index (χ0) is 14.7. The molecule has 3 rings (SSSR count). The van der Waals surface area contributed by atoms with E-state index < -0.39 is 0 Å². The normalized spacial score (nSPS) is 17.6. The van der Waals surface area contributed by atoms with E-state index in [0.717, 1.165) is 28.1 Å². The van der Waals surface area contributed by atoms with Crippen molar-refractivity contribution in [2.75, 3.05) is 11.1 Å². The van der Waals surface area contributed by atoms with Crippen LogP contribution in [-0.4, -0.2) is 17.0 Å². The molecule has 108 valence electrons. The lowest BCUT2D eigenvalue weighted by Gasteiger charge is -2.08. The molecule has 1 heterocycles. The molecule has 0 saturated heterocycles. The van der Waals surface area contributed by atoms with Gasteiger partial charge in [-0.3, -0.25) is 4.99 Å². The number of thioether (sulfide) groups is 1. The van der Waals surface area contributed by atoms with Gasteiger partial charge < -0.3 is 5.32 Å². The van der Waals surface area contributed by atoms with Crippen molar-refractivity contribution in [3.05, 3.63) is 64.7 Å². The van der Waals surface area contributed by atoms with Gasteiger partial charge in [0.1, 0.15) is 0 Å². The van der Waals surface area contributed by atoms with Gasteiger partial charge in [0.2, 0.25) is 0 Å². The average Bonchev–Trinajstić information content (AvgIpc) is 2.91. The van der Waals surface area contributed by atoms with Gasteiger partial charge in [0.15, 0.2) is 5.17 Å². The van der Waals surface area contributed by atoms with E-state index >= 15 is 0 Å². The fourth-order valence-electron chi connectivity index (χ4n) is 2.32. The summed E-state index contributed by atoms with van der Waals surface area (Å²) in [6, 6.07) is 16.8. The van der Waals surface area contributed by atoms with Crippen LogP contribution < -0.4 is 5.32 Å². The molecule has 0 spiro atoms. The first-order valence-electron chi connectivity index (χ1n) is 6.98. The first-order valence-corrected chi connectivity index (χ1v) is 8.35. The number of aliphatic imine (C=N–C) groups is 1. The first-order chi connectivity index (χ1) is 10.2. The number of nitrogens with one attached hydrogen (secondary N) is 1. The second-order valence-corrected chi connectivity index (χ2v) is 6.61. The van der Waals surface area contributed by atoms with Gasteiger partial charge in [-0.1, -0.05) is 59.8 Å². The first kappa shape index (κ1) is 14.5. The SMILES string of the molecule is Cc1ccc(Cl)c(NC2=NC(Cc3ccccc3)CS2)c1. The van der Waals surface area contributed by atoms with Crippen molar-refractivity contribution in [1.82, 2.24) is 0 Å². The molecule has 2 aromatic carbocycles. The zero-order valence-corrected chi connectivity index (χ0v) is 13.4. The van der Waals surface area contributed by atoms with Gasteiger partial charge >= 0.3 is 0 Å². The Morgan fingerprint density at radius 1 is 1.24 bits per heavy atom. The van der Waals surface area contributed by atoms with Crippen LogP contribution in [0.4, 0.5) is 5.69 Å². The maximum Gasteiger partial charge on any atom is 0.161 e. The highest BCUT2D eigenvalue weighted by Gasteiger charge is 2.19. The van der Waals surface area contributed by atoms with E-state index in [0.29, 0.717) is 6.04 Å². The molecular formula is C17H17ClN2S. The number of aryl methyl sites for hydroxylation is 1. The minimum absolute atomic E-state index is 0.337. The monoisotopic (exact) mass is 316 g/mol. The molecule has 21 heavy (non-hydrogen) atoms. The number of halogens is 1. The lowest BCUT2D eigenvalue weighted by molar-refractivity contribution is 0.762. The Hall–Kier alpha value is -1.45. The molecule has 2 nitrogen and oxygen atoms in total. The molecule has 0 amide bonds. The van der Waals surface area contributed by atoms with Crippen molar-refractivity contribution < 1.29 is 0 Å². The third-order valence-electron chi connectivity index (χ3n) is 3.39. The molecule has 1 aliphatic heterocycles. The third-order valence-corrected chi connectivity index (χ3v) is 4.75. The lowest BCUT2D eigenvalue weighted by atomic mass is 10.1. The van der Waals surface area contributed by atoms with Gasteiger partial charge in [0, 0.05) is 5.75 Å². The highest BCUT2D eigenvalue weighted by Crippen LogP contribution is 2.27. The van der Waals surface area contributed by atoms with Crippen LogP contribution in [0.5, 0.6) is 0 Å². The van der Waals surface area contributed by atoms with Crippen LogP contribution >= 0.6 is 23.4 Å². The van der Waals surface area contributed by atoms with Gasteiger partial charge in [0.25, 0.3) is 0 Å². The Balaban J connectivity index is 1.67. The summed E-state index contributed by atoms with van der Waals surface area (Å²) in [6.07, 6.45) is 0.987. The molecule has 0 saturated carbocycles. The van der Waals surface area contributed by atoms with E-state index in [1.54, 1.807) is 11.8 Å². The summed E-state index contributed by atoms with van der Waals surface area (Å²) in [5.41, 5.74) is 3.45. The number of amidine groups is 1. The number of hydrogen-bond donors (Lipinski definition) is 1. The van der Waals surface area contributed by atoms with Crippen molar-refractivity contribution in [2.24, 2.45) is 4.99 Å². The standard InChI is InChI=1S/C17H17ClN2S/c1-12-7-8-15(18)16(9-12)20-17-19-14(11-21-17)10-13-5-3-2-4-6-13/h2-9,14H,10-11H2,1H3,(H,19,20).